The summed E-state index contributed by atoms with van der Waals surface area (Å²) in [5.41, 5.74) is 3.51. The van der Waals surface area contributed by atoms with Crippen LogP contribution in [0.1, 0.15) is 69.2 Å². The van der Waals surface area contributed by atoms with Crippen molar-refractivity contribution in [3.8, 4) is 28.1 Å². The van der Waals surface area contributed by atoms with Crippen molar-refractivity contribution in [3.63, 3.8) is 0 Å². The van der Waals surface area contributed by atoms with E-state index in [1.54, 1.807) is 29.6 Å². The topological polar surface area (TPSA) is 137 Å². The molecule has 1 aliphatic carbocycles. The normalized spacial score (nSPS) is 15.2. The van der Waals surface area contributed by atoms with Crippen molar-refractivity contribution in [3.05, 3.63) is 87.4 Å². The number of hydrogen-bond acceptors (Lipinski definition) is 11. The lowest BCUT2D eigenvalue weighted by molar-refractivity contribution is 0.0991. The second-order valence-electron chi connectivity index (χ2n) is 11.9. The predicted molar refractivity (Wildman–Crippen MR) is 181 cm³/mol. The van der Waals surface area contributed by atoms with Crippen molar-refractivity contribution < 1.29 is 14.3 Å². The van der Waals surface area contributed by atoms with E-state index < -0.39 is 0 Å². The van der Waals surface area contributed by atoms with Crippen LogP contribution in [0.25, 0.3) is 23.0 Å². The summed E-state index contributed by atoms with van der Waals surface area (Å²) in [6.45, 7) is 5.22. The summed E-state index contributed by atoms with van der Waals surface area (Å²) in [4.78, 5) is 39.5. The van der Waals surface area contributed by atoms with Crippen LogP contribution in [0.5, 0.6) is 5.06 Å². The van der Waals surface area contributed by atoms with Crippen LogP contribution in [0.2, 0.25) is 0 Å². The first-order valence-corrected chi connectivity index (χ1v) is 17.2. The number of aromatic nitrogens is 8. The van der Waals surface area contributed by atoms with Crippen LogP contribution in [0.4, 0.5) is 11.6 Å². The van der Waals surface area contributed by atoms with Gasteiger partial charge < -0.3 is 13.9 Å². The molecule has 48 heavy (non-hydrogen) atoms. The average Bonchev–Trinajstić information content (AvgIpc) is 3.70. The number of amides is 2. The Morgan fingerprint density at radius 2 is 1.46 bits per heavy atom. The second-order valence-corrected chi connectivity index (χ2v) is 13.8. The van der Waals surface area contributed by atoms with Crippen LogP contribution < -0.4 is 14.5 Å². The third-order valence-electron chi connectivity index (χ3n) is 8.39. The zero-order chi connectivity index (χ0) is 32.9. The molecule has 0 N–H and O–H groups in total. The number of thiophene rings is 2. The van der Waals surface area contributed by atoms with E-state index in [2.05, 4.69) is 48.8 Å². The van der Waals surface area contributed by atoms with Crippen LogP contribution in [-0.4, -0.2) is 58.4 Å². The Morgan fingerprint density at radius 1 is 0.812 bits per heavy atom. The lowest BCUT2D eigenvalue weighted by Crippen LogP contribution is -2.24. The number of fused-ring (bicyclic) bond motifs is 2. The van der Waals surface area contributed by atoms with Crippen LogP contribution in [-0.2, 0) is 13.1 Å². The van der Waals surface area contributed by atoms with Crippen LogP contribution in [0.3, 0.4) is 0 Å². The molecule has 2 aliphatic heterocycles. The van der Waals surface area contributed by atoms with E-state index in [9.17, 15) is 9.59 Å². The summed E-state index contributed by atoms with van der Waals surface area (Å²) in [7, 11) is 1.62. The maximum atomic E-state index is 12.7. The summed E-state index contributed by atoms with van der Waals surface area (Å²) in [6.07, 6.45) is 5.76. The van der Waals surface area contributed by atoms with Crippen molar-refractivity contribution in [2.75, 3.05) is 16.9 Å². The van der Waals surface area contributed by atoms with Crippen molar-refractivity contribution in [1.82, 2.24) is 39.5 Å². The Balaban J connectivity index is 0.000000141. The molecular weight excluding hydrogens is 649 g/mol. The minimum absolute atomic E-state index is 0.0185. The van der Waals surface area contributed by atoms with Gasteiger partial charge in [-0.1, -0.05) is 23.5 Å². The average molecular weight is 679 g/mol. The van der Waals surface area contributed by atoms with Gasteiger partial charge in [-0.15, -0.1) is 31.7 Å². The molecule has 0 spiro atoms. The van der Waals surface area contributed by atoms with E-state index in [0.29, 0.717) is 36.6 Å². The maximum absolute atomic E-state index is 12.7. The molecular formula is C33H30N10O3S2. The highest BCUT2D eigenvalue weighted by molar-refractivity contribution is 7.16. The third kappa shape index (κ3) is 5.34. The van der Waals surface area contributed by atoms with Gasteiger partial charge in [0.2, 0.25) is 0 Å². The number of pyridine rings is 2. The number of carbonyl (C=O) groups excluding carboxylic acids is 2. The number of ether oxygens (including phenoxy) is 1. The quantitative estimate of drug-likeness (QED) is 0.198. The van der Waals surface area contributed by atoms with E-state index in [4.69, 9.17) is 4.74 Å². The first-order valence-electron chi connectivity index (χ1n) is 15.5. The summed E-state index contributed by atoms with van der Waals surface area (Å²) < 4.78 is 9.26. The first-order chi connectivity index (χ1) is 23.4. The Labute approximate surface area is 283 Å². The fourth-order valence-corrected chi connectivity index (χ4v) is 7.60. The zero-order valence-electron chi connectivity index (χ0n) is 26.3. The van der Waals surface area contributed by atoms with Gasteiger partial charge in [0.15, 0.2) is 16.7 Å². The molecule has 15 heteroatoms. The second kappa shape index (κ2) is 12.1. The number of hydrogen-bond donors (Lipinski definition) is 0. The fraction of sp³-hybridized carbons (Fsp3) is 0.273. The van der Waals surface area contributed by atoms with Crippen molar-refractivity contribution in [2.24, 2.45) is 0 Å². The Morgan fingerprint density at radius 3 is 2.10 bits per heavy atom. The molecule has 6 aromatic heterocycles. The smallest absolute Gasteiger partial charge is 0.270 e. The van der Waals surface area contributed by atoms with Crippen LogP contribution in [0, 0.1) is 0 Å². The highest BCUT2D eigenvalue weighted by atomic mass is 32.1. The summed E-state index contributed by atoms with van der Waals surface area (Å²) in [5, 5.41) is 19.1. The van der Waals surface area contributed by atoms with Gasteiger partial charge in [-0.2, -0.15) is 0 Å². The third-order valence-corrected chi connectivity index (χ3v) is 10.5. The Bertz CT molecular complexity index is 2160. The highest BCUT2D eigenvalue weighted by Crippen LogP contribution is 2.39. The summed E-state index contributed by atoms with van der Waals surface area (Å²) in [6, 6.07) is 16.0. The molecule has 6 aromatic rings. The highest BCUT2D eigenvalue weighted by Gasteiger charge is 2.33. The molecule has 3 aliphatic rings. The molecule has 242 valence electrons. The predicted octanol–water partition coefficient (Wildman–Crippen LogP) is 6.05. The molecule has 2 amide bonds. The van der Waals surface area contributed by atoms with E-state index in [0.717, 1.165) is 56.0 Å². The van der Waals surface area contributed by atoms with Gasteiger partial charge >= 0.3 is 0 Å². The minimum atomic E-state index is -0.0309. The molecule has 1 fully saturated rings. The zero-order valence-corrected chi connectivity index (χ0v) is 28.0. The van der Waals surface area contributed by atoms with Crippen molar-refractivity contribution in [2.45, 2.75) is 51.9 Å². The number of rotatable bonds is 7. The van der Waals surface area contributed by atoms with E-state index in [1.807, 2.05) is 58.5 Å². The molecule has 0 unspecified atom stereocenters. The lowest BCUT2D eigenvalue weighted by Gasteiger charge is -2.16. The van der Waals surface area contributed by atoms with E-state index >= 15 is 0 Å². The van der Waals surface area contributed by atoms with Gasteiger partial charge in [0, 0.05) is 12.1 Å². The standard InChI is InChI=1S/C17H15N5O2S.C16H15N5OS/c1-24-14-7-10-8-21(17(23)15(10)25-14)13-4-2-3-12(19-13)16-20-18-9-22(16)11-5-6-11;1-10(2)21-9-17-19-15(21)12-4-3-5-13(18-12)20-8-11-6-7-23-14(11)16(20)22/h2-4,7,9,11H,5-6,8H2,1H3;3-7,9-10H,8H2,1-2H3. The van der Waals surface area contributed by atoms with Gasteiger partial charge in [0.1, 0.15) is 40.6 Å². The van der Waals surface area contributed by atoms with Gasteiger partial charge in [-0.3, -0.25) is 19.4 Å². The Kier molecular flexibility index (Phi) is 7.56. The van der Waals surface area contributed by atoms with Gasteiger partial charge in [0.25, 0.3) is 11.8 Å². The van der Waals surface area contributed by atoms with Gasteiger partial charge in [0.05, 0.1) is 25.1 Å². The van der Waals surface area contributed by atoms with Crippen molar-refractivity contribution >= 4 is 46.1 Å². The number of carbonyl (C=O) groups is 2. The largest absolute Gasteiger partial charge is 0.487 e. The number of methoxy groups -OCH3 is 1. The lowest BCUT2D eigenvalue weighted by atomic mass is 10.3. The first kappa shape index (κ1) is 30.1. The number of nitrogens with zero attached hydrogens (tertiary/aromatic N) is 10. The monoisotopic (exact) mass is 678 g/mol. The molecule has 13 nitrogen and oxygen atoms in total. The molecule has 8 heterocycles. The number of anilines is 2. The van der Waals surface area contributed by atoms with Crippen molar-refractivity contribution in [1.29, 1.82) is 0 Å². The molecule has 0 atom stereocenters. The SMILES string of the molecule is CC(C)n1cnnc1-c1cccc(N2Cc3ccsc3C2=O)n1.COc1cc2c(s1)C(=O)N(c1cccc(-c3nncn3C3CC3)n1)C2. The molecule has 9 rings (SSSR count). The molecule has 0 aromatic carbocycles. The van der Waals surface area contributed by atoms with E-state index in [1.165, 1.54) is 22.7 Å². The molecule has 0 saturated heterocycles. The summed E-state index contributed by atoms with van der Waals surface area (Å²) in [5.74, 6) is 2.74. The van der Waals surface area contributed by atoms with Gasteiger partial charge in [-0.25, -0.2) is 9.97 Å². The summed E-state index contributed by atoms with van der Waals surface area (Å²) >= 11 is 2.86. The molecule has 0 bridgehead atoms. The van der Waals surface area contributed by atoms with Gasteiger partial charge in [-0.05, 0) is 79.6 Å². The molecule has 1 saturated carbocycles. The van der Waals surface area contributed by atoms with Crippen LogP contribution in [0.15, 0.2) is 66.6 Å². The fourth-order valence-electron chi connectivity index (χ4n) is 5.80. The van der Waals surface area contributed by atoms with Crippen LogP contribution >= 0.6 is 22.7 Å². The minimum Gasteiger partial charge on any atom is -0.487 e. The maximum Gasteiger partial charge on any atom is 0.270 e. The Hall–Kier alpha value is -5.28. The van der Waals surface area contributed by atoms with E-state index in [-0.39, 0.29) is 17.9 Å². The molecule has 0 radical (unpaired) electrons.